The molecule has 0 spiro atoms. The summed E-state index contributed by atoms with van der Waals surface area (Å²) < 4.78 is 0. The molecule has 1 N–H and O–H groups in total. The molecule has 0 saturated carbocycles. The number of carbonyl (C=O) groups is 1. The molecule has 100 valence electrons. The Morgan fingerprint density at radius 2 is 1.90 bits per heavy atom. The lowest BCUT2D eigenvalue weighted by atomic mass is 10.1. The van der Waals surface area contributed by atoms with Crippen molar-refractivity contribution >= 4 is 5.91 Å². The lowest BCUT2D eigenvalue weighted by Gasteiger charge is -2.16. The predicted octanol–water partition coefficient (Wildman–Crippen LogP) is 0.828. The second-order valence-electron chi connectivity index (χ2n) is 4.03. The van der Waals surface area contributed by atoms with Crippen LogP contribution in [0.1, 0.15) is 21.5 Å². The molecule has 0 heterocycles. The topological polar surface area (TPSA) is 88.1 Å². The first-order chi connectivity index (χ1) is 9.62. The van der Waals surface area contributed by atoms with Crippen LogP contribution in [-0.4, -0.2) is 35.6 Å². The number of nitrogens with zero attached hydrogens (tertiary/aromatic N) is 3. The van der Waals surface area contributed by atoms with Crippen LogP contribution in [0.3, 0.4) is 0 Å². The third kappa shape index (κ3) is 4.14. The van der Waals surface area contributed by atoms with Gasteiger partial charge in [0.05, 0.1) is 12.1 Å². The van der Waals surface area contributed by atoms with Crippen molar-refractivity contribution < 1.29 is 9.90 Å². The first-order valence-corrected chi connectivity index (χ1v) is 5.87. The van der Waals surface area contributed by atoms with Gasteiger partial charge in [-0.3, -0.25) is 4.79 Å². The zero-order chi connectivity index (χ0) is 15.0. The van der Waals surface area contributed by atoms with Gasteiger partial charge in [0.1, 0.15) is 19.7 Å². The Morgan fingerprint density at radius 3 is 2.45 bits per heavy atom. The van der Waals surface area contributed by atoms with Crippen molar-refractivity contribution in [1.29, 1.82) is 10.5 Å². The second kappa shape index (κ2) is 7.59. The minimum atomic E-state index is -0.385. The van der Waals surface area contributed by atoms with E-state index in [0.29, 0.717) is 11.1 Å². The molecule has 20 heavy (non-hydrogen) atoms. The summed E-state index contributed by atoms with van der Waals surface area (Å²) in [7, 11) is 0. The van der Waals surface area contributed by atoms with Crippen LogP contribution in [0.25, 0.3) is 0 Å². The standard InChI is InChI=1S/C15H13N3O2/c1-12-9-13(3-2-8-19)11-14(10-12)15(20)18(6-4-16)7-5-17/h9-11,19H,6-8H2,1H3. The molecule has 5 nitrogen and oxygen atoms in total. The highest BCUT2D eigenvalue weighted by Crippen LogP contribution is 2.11. The maximum absolute atomic E-state index is 12.2. The average molecular weight is 267 g/mol. The number of aliphatic hydroxyl groups is 1. The van der Waals surface area contributed by atoms with Crippen LogP contribution in [0.5, 0.6) is 0 Å². The molecule has 0 atom stereocenters. The Kier molecular flexibility index (Phi) is 5.78. The molecule has 0 aliphatic heterocycles. The van der Waals surface area contributed by atoms with Crippen LogP contribution in [0.2, 0.25) is 0 Å². The van der Waals surface area contributed by atoms with Crippen LogP contribution < -0.4 is 0 Å². The number of aryl methyl sites for hydroxylation is 1. The zero-order valence-electron chi connectivity index (χ0n) is 11.1. The number of hydrogen-bond donors (Lipinski definition) is 1. The number of hydrogen-bond acceptors (Lipinski definition) is 4. The summed E-state index contributed by atoms with van der Waals surface area (Å²) in [6, 6.07) is 8.77. The fourth-order valence-corrected chi connectivity index (χ4v) is 1.67. The van der Waals surface area contributed by atoms with Crippen LogP contribution in [0.4, 0.5) is 0 Å². The molecule has 0 aliphatic rings. The lowest BCUT2D eigenvalue weighted by molar-refractivity contribution is 0.0794. The fraction of sp³-hybridized carbons (Fsp3) is 0.267. The van der Waals surface area contributed by atoms with E-state index in [-0.39, 0.29) is 25.6 Å². The minimum Gasteiger partial charge on any atom is -0.384 e. The molecule has 0 fully saturated rings. The van der Waals surface area contributed by atoms with E-state index in [4.69, 9.17) is 15.6 Å². The second-order valence-corrected chi connectivity index (χ2v) is 4.03. The smallest absolute Gasteiger partial charge is 0.255 e. The summed E-state index contributed by atoms with van der Waals surface area (Å²) in [5.74, 6) is 4.86. The Bertz CT molecular complexity index is 626. The SMILES string of the molecule is Cc1cc(C#CCO)cc(C(=O)N(CC#N)CC#N)c1. The number of rotatable bonds is 3. The summed E-state index contributed by atoms with van der Waals surface area (Å²) >= 11 is 0. The number of carbonyl (C=O) groups excluding carboxylic acids is 1. The van der Waals surface area contributed by atoms with Crippen LogP contribution in [0, 0.1) is 41.4 Å². The highest BCUT2D eigenvalue weighted by Gasteiger charge is 2.15. The van der Waals surface area contributed by atoms with E-state index in [1.54, 1.807) is 18.2 Å². The number of nitriles is 2. The summed E-state index contributed by atoms with van der Waals surface area (Å²) in [5, 5.41) is 26.0. The van der Waals surface area contributed by atoms with E-state index in [9.17, 15) is 4.79 Å². The van der Waals surface area contributed by atoms with Crippen LogP contribution >= 0.6 is 0 Å². The molecule has 5 heteroatoms. The molecule has 0 aliphatic carbocycles. The summed E-state index contributed by atoms with van der Waals surface area (Å²) in [4.78, 5) is 13.4. The zero-order valence-corrected chi connectivity index (χ0v) is 11.1. The molecule has 0 aromatic heterocycles. The highest BCUT2D eigenvalue weighted by molar-refractivity contribution is 5.95. The van der Waals surface area contributed by atoms with Crippen molar-refractivity contribution in [2.45, 2.75) is 6.92 Å². The molecular formula is C15H13N3O2. The first-order valence-electron chi connectivity index (χ1n) is 5.87. The van der Waals surface area contributed by atoms with Crippen molar-refractivity contribution in [3.8, 4) is 24.0 Å². The first kappa shape index (κ1) is 15.2. The van der Waals surface area contributed by atoms with E-state index >= 15 is 0 Å². The Labute approximate surface area is 117 Å². The van der Waals surface area contributed by atoms with E-state index in [1.807, 2.05) is 19.1 Å². The van der Waals surface area contributed by atoms with Gasteiger partial charge < -0.3 is 10.0 Å². The van der Waals surface area contributed by atoms with Gasteiger partial charge in [-0.2, -0.15) is 10.5 Å². The van der Waals surface area contributed by atoms with Crippen molar-refractivity contribution in [1.82, 2.24) is 4.90 Å². The van der Waals surface area contributed by atoms with Gasteiger partial charge >= 0.3 is 0 Å². The van der Waals surface area contributed by atoms with Crippen molar-refractivity contribution in [3.63, 3.8) is 0 Å². The number of aliphatic hydroxyl groups excluding tert-OH is 1. The third-order valence-corrected chi connectivity index (χ3v) is 2.45. The Hall–Kier alpha value is -2.81. The molecule has 0 radical (unpaired) electrons. The maximum atomic E-state index is 12.2. The van der Waals surface area contributed by atoms with Crippen LogP contribution in [-0.2, 0) is 0 Å². The van der Waals surface area contributed by atoms with Gasteiger partial charge in [0.2, 0.25) is 0 Å². The number of amides is 1. The van der Waals surface area contributed by atoms with E-state index in [1.165, 1.54) is 0 Å². The predicted molar refractivity (Wildman–Crippen MR) is 72.3 cm³/mol. The molecule has 1 rings (SSSR count). The van der Waals surface area contributed by atoms with Gasteiger partial charge in [0, 0.05) is 11.1 Å². The molecule has 1 aromatic carbocycles. The van der Waals surface area contributed by atoms with Crippen molar-refractivity contribution in [3.05, 3.63) is 34.9 Å². The van der Waals surface area contributed by atoms with Crippen LogP contribution in [0.15, 0.2) is 18.2 Å². The van der Waals surface area contributed by atoms with Gasteiger partial charge in [-0.25, -0.2) is 0 Å². The fourth-order valence-electron chi connectivity index (χ4n) is 1.67. The van der Waals surface area contributed by atoms with Crippen molar-refractivity contribution in [2.24, 2.45) is 0 Å². The van der Waals surface area contributed by atoms with E-state index < -0.39 is 0 Å². The quantitative estimate of drug-likeness (QED) is 0.649. The molecular weight excluding hydrogens is 254 g/mol. The molecule has 1 amide bonds. The molecule has 0 bridgehead atoms. The Morgan fingerprint density at radius 1 is 1.25 bits per heavy atom. The summed E-state index contributed by atoms with van der Waals surface area (Å²) in [6.07, 6.45) is 0. The normalized spacial score (nSPS) is 8.80. The average Bonchev–Trinajstić information content (AvgIpc) is 2.43. The van der Waals surface area contributed by atoms with Gasteiger partial charge in [0.15, 0.2) is 0 Å². The van der Waals surface area contributed by atoms with E-state index in [2.05, 4.69) is 11.8 Å². The highest BCUT2D eigenvalue weighted by atomic mass is 16.2. The minimum absolute atomic E-state index is 0.141. The Balaban J connectivity index is 3.12. The maximum Gasteiger partial charge on any atom is 0.255 e. The summed E-state index contributed by atoms with van der Waals surface area (Å²) in [5.41, 5.74) is 1.82. The molecule has 1 aromatic rings. The van der Waals surface area contributed by atoms with Gasteiger partial charge in [-0.15, -0.1) is 0 Å². The van der Waals surface area contributed by atoms with Crippen molar-refractivity contribution in [2.75, 3.05) is 19.7 Å². The lowest BCUT2D eigenvalue weighted by Crippen LogP contribution is -2.31. The number of benzene rings is 1. The van der Waals surface area contributed by atoms with Gasteiger partial charge in [-0.05, 0) is 30.7 Å². The third-order valence-electron chi connectivity index (χ3n) is 2.45. The van der Waals surface area contributed by atoms with E-state index in [0.717, 1.165) is 10.5 Å². The molecule has 0 saturated heterocycles. The molecule has 0 unspecified atom stereocenters. The largest absolute Gasteiger partial charge is 0.384 e. The van der Waals surface area contributed by atoms with Gasteiger partial charge in [-0.1, -0.05) is 11.8 Å². The summed E-state index contributed by atoms with van der Waals surface area (Å²) in [6.45, 7) is 1.28. The monoisotopic (exact) mass is 267 g/mol. The van der Waals surface area contributed by atoms with Gasteiger partial charge in [0.25, 0.3) is 5.91 Å².